The van der Waals surface area contributed by atoms with Crippen molar-refractivity contribution >= 4 is 28.7 Å². The van der Waals surface area contributed by atoms with Crippen molar-refractivity contribution in [2.45, 2.75) is 0 Å². The van der Waals surface area contributed by atoms with Crippen LogP contribution in [0.25, 0.3) is 0 Å². The molecular weight excluding hydrogens is 234 g/mol. The van der Waals surface area contributed by atoms with Gasteiger partial charge in [-0.3, -0.25) is 0 Å². The minimum Gasteiger partial charge on any atom is -0.399 e. The van der Waals surface area contributed by atoms with E-state index >= 15 is 0 Å². The molecule has 0 radical (unpaired) electrons. The summed E-state index contributed by atoms with van der Waals surface area (Å²) in [6.45, 7) is 0. The van der Waals surface area contributed by atoms with Gasteiger partial charge >= 0.3 is 0 Å². The summed E-state index contributed by atoms with van der Waals surface area (Å²) in [5.74, 6) is 0. The van der Waals surface area contributed by atoms with Crippen molar-refractivity contribution in [3.05, 3.63) is 53.1 Å². The molecule has 3 nitrogen and oxygen atoms in total. The van der Waals surface area contributed by atoms with Gasteiger partial charge in [0.2, 0.25) is 0 Å². The molecule has 0 bridgehead atoms. The molecule has 84 valence electrons. The summed E-state index contributed by atoms with van der Waals surface area (Å²) in [6.07, 6.45) is 0. The maximum Gasteiger partial charge on any atom is 0.0992 e. The quantitative estimate of drug-likeness (QED) is 0.793. The maximum absolute atomic E-state index is 8.73. The Morgan fingerprint density at radius 3 is 2.65 bits per heavy atom. The molecule has 0 aromatic heterocycles. The van der Waals surface area contributed by atoms with E-state index in [-0.39, 0.29) is 0 Å². The third-order valence-corrected chi connectivity index (χ3v) is 2.58. The minimum absolute atomic E-state index is 0.506. The van der Waals surface area contributed by atoms with E-state index in [1.165, 1.54) is 0 Å². The normalized spacial score (nSPS) is 9.65. The molecule has 3 N–H and O–H groups in total. The van der Waals surface area contributed by atoms with Gasteiger partial charge in [-0.15, -0.1) is 0 Å². The fraction of sp³-hybridized carbons (Fsp3) is 0. The first kappa shape index (κ1) is 11.3. The van der Waals surface area contributed by atoms with Crippen LogP contribution >= 0.6 is 11.6 Å². The summed E-state index contributed by atoms with van der Waals surface area (Å²) in [5.41, 5.74) is 8.50. The molecule has 0 aliphatic carbocycles. The van der Waals surface area contributed by atoms with E-state index in [0.717, 1.165) is 11.4 Å². The number of hydrogen-bond acceptors (Lipinski definition) is 3. The molecule has 2 aromatic rings. The van der Waals surface area contributed by atoms with Crippen molar-refractivity contribution in [3.8, 4) is 6.07 Å². The Morgan fingerprint density at radius 2 is 2.00 bits per heavy atom. The van der Waals surface area contributed by atoms with E-state index in [2.05, 4.69) is 5.32 Å². The Labute approximate surface area is 104 Å². The number of nitriles is 1. The summed E-state index contributed by atoms with van der Waals surface area (Å²) in [4.78, 5) is 0. The molecule has 17 heavy (non-hydrogen) atoms. The molecule has 2 aromatic carbocycles. The van der Waals surface area contributed by atoms with Crippen LogP contribution in [0.1, 0.15) is 5.56 Å². The van der Waals surface area contributed by atoms with Crippen LogP contribution in [0, 0.1) is 11.3 Å². The smallest absolute Gasteiger partial charge is 0.0992 e. The maximum atomic E-state index is 8.73. The Kier molecular flexibility index (Phi) is 3.17. The molecule has 0 heterocycles. The monoisotopic (exact) mass is 243 g/mol. The third-order valence-electron chi connectivity index (χ3n) is 2.26. The Hall–Kier alpha value is -2.18. The zero-order valence-electron chi connectivity index (χ0n) is 8.94. The molecule has 0 aliphatic rings. The summed E-state index contributed by atoms with van der Waals surface area (Å²) in [7, 11) is 0. The van der Waals surface area contributed by atoms with E-state index in [0.29, 0.717) is 16.3 Å². The first-order valence-corrected chi connectivity index (χ1v) is 5.39. The van der Waals surface area contributed by atoms with E-state index in [4.69, 9.17) is 22.6 Å². The minimum atomic E-state index is 0.506. The molecule has 0 unspecified atom stereocenters. The average Bonchev–Trinajstić information content (AvgIpc) is 2.32. The number of hydrogen-bond donors (Lipinski definition) is 2. The second-order valence-electron chi connectivity index (χ2n) is 3.56. The van der Waals surface area contributed by atoms with Crippen LogP contribution in [0.2, 0.25) is 5.02 Å². The second kappa shape index (κ2) is 4.77. The SMILES string of the molecule is N#Cc1ccc(Nc2cccc(N)c2)c(Cl)c1. The lowest BCUT2D eigenvalue weighted by Gasteiger charge is -2.08. The zero-order valence-corrected chi connectivity index (χ0v) is 9.70. The Balaban J connectivity index is 2.28. The number of nitrogens with one attached hydrogen (secondary N) is 1. The fourth-order valence-electron chi connectivity index (χ4n) is 1.46. The first-order chi connectivity index (χ1) is 8.19. The van der Waals surface area contributed by atoms with Gasteiger partial charge in [-0.1, -0.05) is 17.7 Å². The van der Waals surface area contributed by atoms with Gasteiger partial charge in [-0.25, -0.2) is 0 Å². The van der Waals surface area contributed by atoms with Crippen LogP contribution < -0.4 is 11.1 Å². The number of nitrogens with zero attached hydrogens (tertiary/aromatic N) is 1. The lowest BCUT2D eigenvalue weighted by Crippen LogP contribution is -1.93. The summed E-state index contributed by atoms with van der Waals surface area (Å²) >= 11 is 6.05. The van der Waals surface area contributed by atoms with E-state index in [9.17, 15) is 0 Å². The molecule has 0 amide bonds. The van der Waals surface area contributed by atoms with Crippen LogP contribution in [0.5, 0.6) is 0 Å². The van der Waals surface area contributed by atoms with Crippen molar-refractivity contribution < 1.29 is 0 Å². The number of benzene rings is 2. The Bertz CT molecular complexity index is 587. The van der Waals surface area contributed by atoms with Crippen LogP contribution in [0.15, 0.2) is 42.5 Å². The topological polar surface area (TPSA) is 61.8 Å². The first-order valence-electron chi connectivity index (χ1n) is 5.01. The molecule has 0 atom stereocenters. The average molecular weight is 244 g/mol. The molecule has 0 fully saturated rings. The van der Waals surface area contributed by atoms with Crippen LogP contribution in [0.3, 0.4) is 0 Å². The lowest BCUT2D eigenvalue weighted by atomic mass is 10.2. The van der Waals surface area contributed by atoms with Gasteiger partial charge in [0.25, 0.3) is 0 Å². The van der Waals surface area contributed by atoms with Crippen molar-refractivity contribution in [2.24, 2.45) is 0 Å². The number of anilines is 3. The number of nitrogen functional groups attached to an aromatic ring is 1. The van der Waals surface area contributed by atoms with E-state index < -0.39 is 0 Å². The predicted molar refractivity (Wildman–Crippen MR) is 70.3 cm³/mol. The van der Waals surface area contributed by atoms with E-state index in [1.54, 1.807) is 18.2 Å². The molecule has 2 rings (SSSR count). The van der Waals surface area contributed by atoms with Crippen LogP contribution in [0.4, 0.5) is 17.1 Å². The molecule has 0 aliphatic heterocycles. The van der Waals surface area contributed by atoms with Crippen LogP contribution in [-0.2, 0) is 0 Å². The van der Waals surface area contributed by atoms with Gasteiger partial charge in [0.1, 0.15) is 0 Å². The standard InChI is InChI=1S/C13H10ClN3/c14-12-6-9(8-15)4-5-13(12)17-11-3-1-2-10(16)7-11/h1-7,17H,16H2. The third kappa shape index (κ3) is 2.68. The highest BCUT2D eigenvalue weighted by Gasteiger charge is 2.02. The Morgan fingerprint density at radius 1 is 1.18 bits per heavy atom. The van der Waals surface area contributed by atoms with Crippen molar-refractivity contribution in [3.63, 3.8) is 0 Å². The van der Waals surface area contributed by atoms with Gasteiger partial charge in [0.15, 0.2) is 0 Å². The highest BCUT2D eigenvalue weighted by molar-refractivity contribution is 6.33. The molecule has 4 heteroatoms. The number of halogens is 1. The summed E-state index contributed by atoms with van der Waals surface area (Å²) in [5, 5.41) is 12.4. The molecule has 0 spiro atoms. The van der Waals surface area contributed by atoms with Gasteiger partial charge in [0.05, 0.1) is 22.3 Å². The molecule has 0 saturated heterocycles. The van der Waals surface area contributed by atoms with Gasteiger partial charge in [-0.05, 0) is 36.4 Å². The number of rotatable bonds is 2. The highest BCUT2D eigenvalue weighted by Crippen LogP contribution is 2.26. The lowest BCUT2D eigenvalue weighted by molar-refractivity contribution is 1.47. The highest BCUT2D eigenvalue weighted by atomic mass is 35.5. The summed E-state index contributed by atoms with van der Waals surface area (Å²) in [6, 6.07) is 14.5. The van der Waals surface area contributed by atoms with Gasteiger partial charge in [0, 0.05) is 11.4 Å². The van der Waals surface area contributed by atoms with Crippen LogP contribution in [-0.4, -0.2) is 0 Å². The van der Waals surface area contributed by atoms with Crippen molar-refractivity contribution in [1.29, 1.82) is 5.26 Å². The van der Waals surface area contributed by atoms with Crippen molar-refractivity contribution in [1.82, 2.24) is 0 Å². The fourth-order valence-corrected chi connectivity index (χ4v) is 1.69. The second-order valence-corrected chi connectivity index (χ2v) is 3.96. The zero-order chi connectivity index (χ0) is 12.3. The molecular formula is C13H10ClN3. The largest absolute Gasteiger partial charge is 0.399 e. The molecule has 0 saturated carbocycles. The van der Waals surface area contributed by atoms with Crippen molar-refractivity contribution in [2.75, 3.05) is 11.1 Å². The van der Waals surface area contributed by atoms with Gasteiger partial charge < -0.3 is 11.1 Å². The van der Waals surface area contributed by atoms with Gasteiger partial charge in [-0.2, -0.15) is 5.26 Å². The predicted octanol–water partition coefficient (Wildman–Crippen LogP) is 3.54. The number of nitrogens with two attached hydrogens (primary N) is 1. The summed E-state index contributed by atoms with van der Waals surface area (Å²) < 4.78 is 0. The van der Waals surface area contributed by atoms with E-state index in [1.807, 2.05) is 30.3 Å².